The average molecular weight is 316 g/mol. The molecular weight excluding hydrogens is 304 g/mol. The lowest BCUT2D eigenvalue weighted by atomic mass is 10.3. The van der Waals surface area contributed by atoms with Crippen LogP contribution in [0.4, 0.5) is 0 Å². The van der Waals surface area contributed by atoms with E-state index in [0.29, 0.717) is 28.9 Å². The Morgan fingerprint density at radius 2 is 2.26 bits per heavy atom. The number of rotatable bonds is 4. The number of nitrogens with zero attached hydrogens (tertiary/aromatic N) is 2. The van der Waals surface area contributed by atoms with Gasteiger partial charge in [-0.1, -0.05) is 17.4 Å². The Balaban J connectivity index is 1.69. The van der Waals surface area contributed by atoms with Crippen LogP contribution in [0.5, 0.6) is 5.19 Å². The summed E-state index contributed by atoms with van der Waals surface area (Å²) in [6, 6.07) is 3.38. The van der Waals surface area contributed by atoms with Crippen LogP contribution in [0.15, 0.2) is 33.3 Å². The van der Waals surface area contributed by atoms with E-state index in [2.05, 4.69) is 4.98 Å². The van der Waals surface area contributed by atoms with Crippen molar-refractivity contribution in [2.24, 2.45) is 0 Å². The zero-order valence-electron chi connectivity index (χ0n) is 9.93. The summed E-state index contributed by atoms with van der Waals surface area (Å²) < 4.78 is 32.2. The Morgan fingerprint density at radius 1 is 1.37 bits per heavy atom. The molecule has 1 aliphatic heterocycles. The van der Waals surface area contributed by atoms with Crippen LogP contribution in [0.2, 0.25) is 0 Å². The summed E-state index contributed by atoms with van der Waals surface area (Å²) in [5, 5.41) is 4.21. The summed E-state index contributed by atoms with van der Waals surface area (Å²) in [6.07, 6.45) is 2.26. The first kappa shape index (κ1) is 13.0. The average Bonchev–Trinajstić information content (AvgIpc) is 3.12. The number of thiophene rings is 1. The summed E-state index contributed by atoms with van der Waals surface area (Å²) in [4.78, 5) is 4.05. The Bertz CT molecular complexity index is 622. The molecule has 102 valence electrons. The zero-order chi connectivity index (χ0) is 13.3. The van der Waals surface area contributed by atoms with E-state index in [-0.39, 0.29) is 6.10 Å². The van der Waals surface area contributed by atoms with Crippen molar-refractivity contribution in [1.29, 1.82) is 0 Å². The number of hydrogen-bond acceptors (Lipinski definition) is 6. The molecule has 1 atom stereocenters. The molecule has 2 aromatic heterocycles. The minimum Gasteiger partial charge on any atom is -0.465 e. The molecule has 1 fully saturated rings. The maximum Gasteiger partial charge on any atom is 0.273 e. The molecule has 0 aliphatic carbocycles. The Hall–Kier alpha value is -0.960. The second-order valence-electron chi connectivity index (χ2n) is 4.12. The molecule has 0 bridgehead atoms. The van der Waals surface area contributed by atoms with Gasteiger partial charge in [0, 0.05) is 18.1 Å². The SMILES string of the molecule is O=S(=O)(c1cccs1)N1CCC(Oc2nccs2)C1. The van der Waals surface area contributed by atoms with Crippen molar-refractivity contribution in [3.05, 3.63) is 29.1 Å². The van der Waals surface area contributed by atoms with E-state index < -0.39 is 10.0 Å². The lowest BCUT2D eigenvalue weighted by Crippen LogP contribution is -2.30. The molecule has 1 aliphatic rings. The first-order chi connectivity index (χ1) is 9.16. The number of sulfonamides is 1. The van der Waals surface area contributed by atoms with Crippen LogP contribution in [-0.4, -0.2) is 36.9 Å². The van der Waals surface area contributed by atoms with Gasteiger partial charge in [-0.15, -0.1) is 11.3 Å². The van der Waals surface area contributed by atoms with Gasteiger partial charge >= 0.3 is 0 Å². The number of aromatic nitrogens is 1. The maximum atomic E-state index is 12.3. The molecule has 3 rings (SSSR count). The molecule has 1 saturated heterocycles. The predicted molar refractivity (Wildman–Crippen MR) is 74.2 cm³/mol. The smallest absolute Gasteiger partial charge is 0.273 e. The molecule has 0 spiro atoms. The molecule has 0 amide bonds. The van der Waals surface area contributed by atoms with Gasteiger partial charge in [-0.05, 0) is 17.9 Å². The van der Waals surface area contributed by atoms with Gasteiger partial charge in [0.25, 0.3) is 15.2 Å². The molecule has 0 saturated carbocycles. The van der Waals surface area contributed by atoms with Gasteiger partial charge in [0.1, 0.15) is 10.3 Å². The molecule has 0 radical (unpaired) electrons. The van der Waals surface area contributed by atoms with Crippen LogP contribution >= 0.6 is 22.7 Å². The first-order valence-corrected chi connectivity index (χ1v) is 8.96. The fourth-order valence-corrected chi connectivity index (χ4v) is 5.14. The van der Waals surface area contributed by atoms with Crippen LogP contribution in [0.1, 0.15) is 6.42 Å². The highest BCUT2D eigenvalue weighted by Gasteiger charge is 2.34. The van der Waals surface area contributed by atoms with Gasteiger partial charge in [0.15, 0.2) is 0 Å². The molecule has 19 heavy (non-hydrogen) atoms. The third kappa shape index (κ3) is 2.66. The van der Waals surface area contributed by atoms with E-state index in [1.54, 1.807) is 23.7 Å². The van der Waals surface area contributed by atoms with Crippen molar-refractivity contribution in [3.8, 4) is 5.19 Å². The third-order valence-electron chi connectivity index (χ3n) is 2.87. The number of ether oxygens (including phenoxy) is 1. The van der Waals surface area contributed by atoms with E-state index in [4.69, 9.17) is 4.74 Å². The van der Waals surface area contributed by atoms with Crippen molar-refractivity contribution in [2.75, 3.05) is 13.1 Å². The van der Waals surface area contributed by atoms with Crippen LogP contribution < -0.4 is 4.74 Å². The highest BCUT2D eigenvalue weighted by Crippen LogP contribution is 2.26. The number of thiazole rings is 1. The minimum atomic E-state index is -3.35. The quantitative estimate of drug-likeness (QED) is 0.866. The predicted octanol–water partition coefficient (Wildman–Crippen LogP) is 2.05. The van der Waals surface area contributed by atoms with Crippen LogP contribution in [-0.2, 0) is 10.0 Å². The van der Waals surface area contributed by atoms with Crippen LogP contribution in [0.3, 0.4) is 0 Å². The highest BCUT2D eigenvalue weighted by molar-refractivity contribution is 7.91. The van der Waals surface area contributed by atoms with Gasteiger partial charge in [0.2, 0.25) is 0 Å². The summed E-state index contributed by atoms with van der Waals surface area (Å²) in [6.45, 7) is 0.885. The molecular formula is C11H12N2O3S3. The van der Waals surface area contributed by atoms with Gasteiger partial charge in [-0.2, -0.15) is 4.31 Å². The Labute approximate surface area is 119 Å². The summed E-state index contributed by atoms with van der Waals surface area (Å²) >= 11 is 2.66. The van der Waals surface area contributed by atoms with E-state index in [1.807, 2.05) is 5.38 Å². The van der Waals surface area contributed by atoms with Crippen molar-refractivity contribution < 1.29 is 13.2 Å². The zero-order valence-corrected chi connectivity index (χ0v) is 12.4. The van der Waals surface area contributed by atoms with Crippen molar-refractivity contribution in [3.63, 3.8) is 0 Å². The van der Waals surface area contributed by atoms with Crippen LogP contribution in [0.25, 0.3) is 0 Å². The standard InChI is InChI=1S/C11H12N2O3S3/c14-19(15,10-2-1-6-17-10)13-5-3-9(8-13)16-11-12-4-7-18-11/h1-2,4,6-7,9H,3,5,8H2. The normalized spacial score (nSPS) is 20.7. The molecule has 0 aromatic carbocycles. The first-order valence-electron chi connectivity index (χ1n) is 5.76. The molecule has 0 N–H and O–H groups in total. The lowest BCUT2D eigenvalue weighted by Gasteiger charge is -2.15. The fraction of sp³-hybridized carbons (Fsp3) is 0.364. The van der Waals surface area contributed by atoms with E-state index in [9.17, 15) is 8.42 Å². The Morgan fingerprint density at radius 3 is 2.95 bits per heavy atom. The minimum absolute atomic E-state index is 0.110. The molecule has 5 nitrogen and oxygen atoms in total. The van der Waals surface area contributed by atoms with Gasteiger partial charge in [-0.25, -0.2) is 13.4 Å². The fourth-order valence-electron chi connectivity index (χ4n) is 1.96. The topological polar surface area (TPSA) is 59.5 Å². The summed E-state index contributed by atoms with van der Waals surface area (Å²) in [7, 11) is -3.35. The summed E-state index contributed by atoms with van der Waals surface area (Å²) in [5.74, 6) is 0. The van der Waals surface area contributed by atoms with Gasteiger partial charge < -0.3 is 4.74 Å². The second kappa shape index (κ2) is 5.20. The maximum absolute atomic E-state index is 12.3. The highest BCUT2D eigenvalue weighted by atomic mass is 32.2. The van der Waals surface area contributed by atoms with E-state index >= 15 is 0 Å². The molecule has 2 aromatic rings. The van der Waals surface area contributed by atoms with Crippen molar-refractivity contribution in [2.45, 2.75) is 16.7 Å². The molecule has 1 unspecified atom stereocenters. The van der Waals surface area contributed by atoms with Gasteiger partial charge in [-0.3, -0.25) is 0 Å². The number of hydrogen-bond donors (Lipinski definition) is 0. The monoisotopic (exact) mass is 316 g/mol. The van der Waals surface area contributed by atoms with E-state index in [1.165, 1.54) is 27.0 Å². The molecule has 8 heteroatoms. The summed E-state index contributed by atoms with van der Waals surface area (Å²) in [5.41, 5.74) is 0. The largest absolute Gasteiger partial charge is 0.465 e. The van der Waals surface area contributed by atoms with Crippen molar-refractivity contribution in [1.82, 2.24) is 9.29 Å². The lowest BCUT2D eigenvalue weighted by molar-refractivity contribution is 0.214. The Kier molecular flexibility index (Phi) is 3.57. The van der Waals surface area contributed by atoms with Crippen molar-refractivity contribution >= 4 is 32.7 Å². The third-order valence-corrected chi connectivity index (χ3v) is 6.77. The van der Waals surface area contributed by atoms with Gasteiger partial charge in [0.05, 0.1) is 6.54 Å². The van der Waals surface area contributed by atoms with E-state index in [0.717, 1.165) is 0 Å². The van der Waals surface area contributed by atoms with Crippen LogP contribution in [0, 0.1) is 0 Å². The second-order valence-corrected chi connectivity index (χ2v) is 8.09. The molecule has 3 heterocycles.